The van der Waals surface area contributed by atoms with E-state index in [0.29, 0.717) is 10.6 Å². The maximum absolute atomic E-state index is 11.6. The molecule has 3 nitrogen and oxygen atoms in total. The van der Waals surface area contributed by atoms with E-state index in [0.717, 1.165) is 5.56 Å². The lowest BCUT2D eigenvalue weighted by molar-refractivity contribution is -0.116. The van der Waals surface area contributed by atoms with E-state index in [2.05, 4.69) is 10.9 Å². The van der Waals surface area contributed by atoms with Crippen molar-refractivity contribution in [3.05, 3.63) is 40.4 Å². The van der Waals surface area contributed by atoms with Gasteiger partial charge in [0.25, 0.3) is 5.91 Å². The molecule has 1 aliphatic rings. The number of carbonyl (C=O) groups excluding carboxylic acids is 1. The van der Waals surface area contributed by atoms with Gasteiger partial charge in [-0.05, 0) is 31.6 Å². The van der Waals surface area contributed by atoms with Crippen LogP contribution in [-0.2, 0) is 4.79 Å². The van der Waals surface area contributed by atoms with Crippen LogP contribution in [0.2, 0.25) is 5.02 Å². The Kier molecular flexibility index (Phi) is 2.74. The van der Waals surface area contributed by atoms with Crippen molar-refractivity contribution in [3.63, 3.8) is 0 Å². The molecule has 1 amide bonds. The molecule has 0 aliphatic carbocycles. The fourth-order valence-electron chi connectivity index (χ4n) is 1.63. The number of carbonyl (C=O) groups is 1. The fourth-order valence-corrected chi connectivity index (χ4v) is 1.82. The van der Waals surface area contributed by atoms with Crippen LogP contribution in [0.3, 0.4) is 0 Å². The molecule has 0 radical (unpaired) electrons. The Labute approximate surface area is 99.5 Å². The molecule has 1 aromatic rings. The molecule has 1 aliphatic heterocycles. The van der Waals surface area contributed by atoms with E-state index in [1.165, 1.54) is 0 Å². The van der Waals surface area contributed by atoms with Crippen molar-refractivity contribution in [3.8, 4) is 0 Å². The summed E-state index contributed by atoms with van der Waals surface area (Å²) in [4.78, 5) is 11.6. The number of halogens is 1. The van der Waals surface area contributed by atoms with Crippen molar-refractivity contribution in [1.29, 1.82) is 0 Å². The predicted molar refractivity (Wildman–Crippen MR) is 64.8 cm³/mol. The molecule has 0 saturated carbocycles. The van der Waals surface area contributed by atoms with Crippen molar-refractivity contribution >= 4 is 23.6 Å². The Morgan fingerprint density at radius 1 is 1.31 bits per heavy atom. The number of benzene rings is 1. The van der Waals surface area contributed by atoms with E-state index in [1.54, 1.807) is 6.07 Å². The zero-order valence-electron chi connectivity index (χ0n) is 9.17. The molecule has 0 aromatic heterocycles. The highest BCUT2D eigenvalue weighted by Crippen LogP contribution is 2.25. The van der Waals surface area contributed by atoms with Gasteiger partial charge >= 0.3 is 0 Å². The summed E-state index contributed by atoms with van der Waals surface area (Å²) in [7, 11) is 0. The van der Waals surface area contributed by atoms with Gasteiger partial charge < -0.3 is 0 Å². The van der Waals surface area contributed by atoms with Crippen LogP contribution in [0.15, 0.2) is 29.8 Å². The Bertz CT molecular complexity index is 466. The average Bonchev–Trinajstić information content (AvgIpc) is 2.48. The SMILES string of the molecule is CC1(C)NNC(=O)/C1=C\c1ccccc1Cl. The zero-order valence-corrected chi connectivity index (χ0v) is 9.93. The number of nitrogens with one attached hydrogen (secondary N) is 2. The van der Waals surface area contributed by atoms with Crippen molar-refractivity contribution < 1.29 is 4.79 Å². The molecule has 1 fully saturated rings. The van der Waals surface area contributed by atoms with Gasteiger partial charge in [0.1, 0.15) is 0 Å². The highest BCUT2D eigenvalue weighted by atomic mass is 35.5. The van der Waals surface area contributed by atoms with Gasteiger partial charge in [0.05, 0.1) is 5.54 Å². The summed E-state index contributed by atoms with van der Waals surface area (Å²) in [5.41, 5.74) is 6.68. The Morgan fingerprint density at radius 2 is 2.00 bits per heavy atom. The number of rotatable bonds is 1. The first-order chi connectivity index (χ1) is 7.50. The van der Waals surface area contributed by atoms with Gasteiger partial charge in [0.2, 0.25) is 0 Å². The quantitative estimate of drug-likeness (QED) is 0.734. The maximum Gasteiger partial charge on any atom is 0.263 e. The van der Waals surface area contributed by atoms with Crippen LogP contribution in [0.1, 0.15) is 19.4 Å². The van der Waals surface area contributed by atoms with Gasteiger partial charge in [0, 0.05) is 10.6 Å². The van der Waals surface area contributed by atoms with E-state index < -0.39 is 0 Å². The second-order valence-electron chi connectivity index (χ2n) is 4.28. The lowest BCUT2D eigenvalue weighted by Crippen LogP contribution is -2.38. The van der Waals surface area contributed by atoms with Crippen LogP contribution >= 0.6 is 11.6 Å². The number of hydrogen-bond acceptors (Lipinski definition) is 2. The summed E-state index contributed by atoms with van der Waals surface area (Å²) in [6.07, 6.45) is 1.82. The molecule has 2 N–H and O–H groups in total. The number of amides is 1. The summed E-state index contributed by atoms with van der Waals surface area (Å²) < 4.78 is 0. The summed E-state index contributed by atoms with van der Waals surface area (Å²) in [6.45, 7) is 3.88. The van der Waals surface area contributed by atoms with Gasteiger partial charge in [-0.25, -0.2) is 5.43 Å². The Hall–Kier alpha value is -1.32. The molecule has 0 spiro atoms. The van der Waals surface area contributed by atoms with Crippen LogP contribution in [0.5, 0.6) is 0 Å². The molecule has 84 valence electrons. The standard InChI is InChI=1S/C12H13ClN2O/c1-12(2)9(11(16)14-15-12)7-8-5-3-4-6-10(8)13/h3-7,15H,1-2H3,(H,14,16)/b9-7+. The first-order valence-corrected chi connectivity index (χ1v) is 5.43. The topological polar surface area (TPSA) is 41.1 Å². The minimum absolute atomic E-state index is 0.107. The number of hydrazine groups is 1. The lowest BCUT2D eigenvalue weighted by Gasteiger charge is -2.17. The van der Waals surface area contributed by atoms with Crippen LogP contribution in [0, 0.1) is 0 Å². The molecule has 0 unspecified atom stereocenters. The van der Waals surface area contributed by atoms with E-state index >= 15 is 0 Å². The first kappa shape index (κ1) is 11.2. The van der Waals surface area contributed by atoms with E-state index in [1.807, 2.05) is 38.1 Å². The molecule has 1 aromatic carbocycles. The monoisotopic (exact) mass is 236 g/mol. The maximum atomic E-state index is 11.6. The van der Waals surface area contributed by atoms with Crippen LogP contribution in [0.25, 0.3) is 6.08 Å². The van der Waals surface area contributed by atoms with Crippen molar-refractivity contribution in [2.24, 2.45) is 0 Å². The van der Waals surface area contributed by atoms with Gasteiger partial charge in [-0.15, -0.1) is 0 Å². The third-order valence-electron chi connectivity index (χ3n) is 2.61. The second kappa shape index (κ2) is 3.92. The summed E-state index contributed by atoms with van der Waals surface area (Å²) in [5, 5.41) is 0.644. The van der Waals surface area contributed by atoms with E-state index in [4.69, 9.17) is 11.6 Å². The number of hydrogen-bond donors (Lipinski definition) is 2. The molecule has 2 rings (SSSR count). The van der Waals surface area contributed by atoms with Gasteiger partial charge in [0.15, 0.2) is 0 Å². The average molecular weight is 237 g/mol. The largest absolute Gasteiger partial charge is 0.287 e. The normalized spacial score (nSPS) is 21.2. The summed E-state index contributed by atoms with van der Waals surface area (Å²) in [5.74, 6) is -0.107. The predicted octanol–water partition coefficient (Wildman–Crippen LogP) is 2.14. The van der Waals surface area contributed by atoms with Crippen LogP contribution in [0.4, 0.5) is 0 Å². The molecular formula is C12H13ClN2O. The third kappa shape index (κ3) is 1.96. The molecule has 0 atom stereocenters. The molecule has 0 bridgehead atoms. The van der Waals surface area contributed by atoms with Crippen molar-refractivity contribution in [2.45, 2.75) is 19.4 Å². The lowest BCUT2D eigenvalue weighted by atomic mass is 9.94. The highest BCUT2D eigenvalue weighted by molar-refractivity contribution is 6.32. The van der Waals surface area contributed by atoms with Gasteiger partial charge in [-0.1, -0.05) is 29.8 Å². The van der Waals surface area contributed by atoms with E-state index in [-0.39, 0.29) is 11.4 Å². The van der Waals surface area contributed by atoms with Gasteiger partial charge in [-0.2, -0.15) is 0 Å². The van der Waals surface area contributed by atoms with E-state index in [9.17, 15) is 4.79 Å². The molecule has 16 heavy (non-hydrogen) atoms. The summed E-state index contributed by atoms with van der Waals surface area (Å²) in [6, 6.07) is 7.45. The first-order valence-electron chi connectivity index (χ1n) is 5.05. The molecule has 4 heteroatoms. The molecule has 1 saturated heterocycles. The van der Waals surface area contributed by atoms with Crippen LogP contribution in [-0.4, -0.2) is 11.4 Å². The molecular weight excluding hydrogens is 224 g/mol. The fraction of sp³-hybridized carbons (Fsp3) is 0.250. The highest BCUT2D eigenvalue weighted by Gasteiger charge is 2.34. The minimum atomic E-state index is -0.379. The van der Waals surface area contributed by atoms with Crippen LogP contribution < -0.4 is 10.9 Å². The Balaban J connectivity index is 2.45. The van der Waals surface area contributed by atoms with Crippen molar-refractivity contribution in [1.82, 2.24) is 10.9 Å². The smallest absolute Gasteiger partial charge is 0.263 e. The second-order valence-corrected chi connectivity index (χ2v) is 4.69. The summed E-state index contributed by atoms with van der Waals surface area (Å²) >= 11 is 6.05. The Morgan fingerprint density at radius 3 is 2.56 bits per heavy atom. The van der Waals surface area contributed by atoms with Crippen molar-refractivity contribution in [2.75, 3.05) is 0 Å². The zero-order chi connectivity index (χ0) is 11.8. The minimum Gasteiger partial charge on any atom is -0.287 e. The third-order valence-corrected chi connectivity index (χ3v) is 2.96. The van der Waals surface area contributed by atoms with Gasteiger partial charge in [-0.3, -0.25) is 10.2 Å². The molecule has 1 heterocycles.